The minimum Gasteiger partial charge on any atom is -0.320 e. The summed E-state index contributed by atoms with van der Waals surface area (Å²) in [5.41, 5.74) is -16.1. The Morgan fingerprint density at radius 1 is 0.565 bits per heavy atom. The zero-order valence-corrected chi connectivity index (χ0v) is 10.6. The molecule has 0 radical (unpaired) electrons. The van der Waals surface area contributed by atoms with Gasteiger partial charge in [-0.3, -0.25) is 4.57 Å². The Balaban J connectivity index is 7.04. The normalized spacial score (nSPS) is 16.7. The van der Waals surface area contributed by atoms with Gasteiger partial charge in [0.15, 0.2) is 0 Å². The van der Waals surface area contributed by atoms with Crippen molar-refractivity contribution in [1.82, 2.24) is 0 Å². The fourth-order valence-corrected chi connectivity index (χ4v) is 1.85. The molecule has 0 unspecified atom stereocenters. The van der Waals surface area contributed by atoms with Gasteiger partial charge in [0.2, 0.25) is 0 Å². The van der Waals surface area contributed by atoms with E-state index in [4.69, 9.17) is 9.79 Å². The van der Waals surface area contributed by atoms with Crippen molar-refractivity contribution in [2.24, 2.45) is 0 Å². The maximum Gasteiger partial charge on any atom is 0.457 e. The molecular weight excluding hydrogens is 398 g/mol. The first-order valence-electron chi connectivity index (χ1n) is 4.51. The Labute approximate surface area is 116 Å². The monoisotopic (exact) mass is 400 g/mol. The lowest BCUT2D eigenvalue weighted by molar-refractivity contribution is -0.431. The van der Waals surface area contributed by atoms with E-state index in [-0.39, 0.29) is 0 Å². The van der Waals surface area contributed by atoms with Gasteiger partial charge in [0.25, 0.3) is 0 Å². The van der Waals surface area contributed by atoms with E-state index in [0.29, 0.717) is 0 Å². The van der Waals surface area contributed by atoms with E-state index in [1.54, 1.807) is 0 Å². The summed E-state index contributed by atoms with van der Waals surface area (Å²) in [6.45, 7) is 0. The molecule has 0 saturated heterocycles. The number of hydrogen-bond acceptors (Lipinski definition) is 1. The molecule has 0 rings (SSSR count). The highest BCUT2D eigenvalue weighted by atomic mass is 31.2. The summed E-state index contributed by atoms with van der Waals surface area (Å²) >= 11 is 0. The van der Waals surface area contributed by atoms with Crippen LogP contribution in [0.15, 0.2) is 0 Å². The van der Waals surface area contributed by atoms with Crippen LogP contribution in [0, 0.1) is 0 Å². The molecule has 0 saturated carbocycles. The summed E-state index contributed by atoms with van der Waals surface area (Å²) in [5.74, 6) is -16.4. The van der Waals surface area contributed by atoms with Gasteiger partial charge >= 0.3 is 43.1 Å². The molecule has 0 aliphatic heterocycles. The zero-order chi connectivity index (χ0) is 19.5. The van der Waals surface area contributed by atoms with Crippen LogP contribution in [0.2, 0.25) is 0 Å². The van der Waals surface area contributed by atoms with Gasteiger partial charge in [-0.1, -0.05) is 0 Å². The molecule has 0 amide bonds. The SMILES string of the molecule is O=P(O)(O)C(F)(F)C(F)(C(F)(F)C(F)(F)F)C(F)(F)C(F)(F)F. The van der Waals surface area contributed by atoms with Crippen LogP contribution in [0.25, 0.3) is 0 Å². The molecule has 0 aromatic carbocycles. The van der Waals surface area contributed by atoms with Crippen molar-refractivity contribution in [2.75, 3.05) is 0 Å². The smallest absolute Gasteiger partial charge is 0.320 e. The summed E-state index contributed by atoms with van der Waals surface area (Å²) in [5, 5.41) is 0. The van der Waals surface area contributed by atoms with E-state index in [1.165, 1.54) is 0 Å². The van der Waals surface area contributed by atoms with Crippen molar-refractivity contribution in [3.63, 3.8) is 0 Å². The highest BCUT2D eigenvalue weighted by Crippen LogP contribution is 2.70. The summed E-state index contributed by atoms with van der Waals surface area (Å²) in [4.78, 5) is 15.7. The molecule has 0 spiro atoms. The molecule has 0 aliphatic carbocycles. The second kappa shape index (κ2) is 5.12. The summed E-state index contributed by atoms with van der Waals surface area (Å²) in [7, 11) is -7.99. The zero-order valence-electron chi connectivity index (χ0n) is 9.66. The van der Waals surface area contributed by atoms with Crippen molar-refractivity contribution in [3.05, 3.63) is 0 Å². The van der Waals surface area contributed by atoms with Gasteiger partial charge in [-0.25, -0.2) is 4.39 Å². The topological polar surface area (TPSA) is 57.5 Å². The third kappa shape index (κ3) is 2.77. The molecule has 0 heterocycles. The lowest BCUT2D eigenvalue weighted by Crippen LogP contribution is -2.74. The minimum atomic E-state index is -8.37. The molecule has 3 nitrogen and oxygen atoms in total. The highest BCUT2D eigenvalue weighted by Gasteiger charge is 2.96. The van der Waals surface area contributed by atoms with Gasteiger partial charge in [0.1, 0.15) is 0 Å². The Morgan fingerprint density at radius 2 is 0.783 bits per heavy atom. The van der Waals surface area contributed by atoms with Gasteiger partial charge in [0, 0.05) is 0 Å². The van der Waals surface area contributed by atoms with Crippen molar-refractivity contribution in [1.29, 1.82) is 0 Å². The standard InChI is InChI=1S/C6H2F13O3P/c7-1(2(8,9)4(12,13)14,3(10,11)5(15,16)17)6(18,19)23(20,21)22/h(H2,20,21,22). The lowest BCUT2D eigenvalue weighted by Gasteiger charge is -2.43. The molecule has 2 N–H and O–H groups in total. The second-order valence-corrected chi connectivity index (χ2v) is 5.54. The number of rotatable bonds is 4. The van der Waals surface area contributed by atoms with Crippen LogP contribution in [0.5, 0.6) is 0 Å². The molecule has 0 bridgehead atoms. The van der Waals surface area contributed by atoms with Crippen molar-refractivity contribution < 1.29 is 71.4 Å². The van der Waals surface area contributed by atoms with Gasteiger partial charge in [0.05, 0.1) is 0 Å². The van der Waals surface area contributed by atoms with Crippen LogP contribution >= 0.6 is 7.60 Å². The van der Waals surface area contributed by atoms with E-state index in [9.17, 15) is 61.6 Å². The maximum atomic E-state index is 13.4. The second-order valence-electron chi connectivity index (χ2n) is 3.89. The van der Waals surface area contributed by atoms with E-state index < -0.39 is 43.1 Å². The van der Waals surface area contributed by atoms with Crippen LogP contribution in [-0.4, -0.2) is 45.3 Å². The minimum absolute atomic E-state index is 7.77. The fourth-order valence-electron chi connectivity index (χ4n) is 1.17. The largest absolute Gasteiger partial charge is 0.457 e. The summed E-state index contributed by atoms with van der Waals surface area (Å²) in [6, 6.07) is 0. The van der Waals surface area contributed by atoms with Crippen molar-refractivity contribution >= 4 is 7.60 Å². The average molecular weight is 400 g/mol. The molecular formula is C6H2F13O3P. The number of alkyl halides is 13. The Hall–Kier alpha value is -0.760. The van der Waals surface area contributed by atoms with Crippen LogP contribution in [0.4, 0.5) is 57.1 Å². The van der Waals surface area contributed by atoms with Crippen LogP contribution in [0.1, 0.15) is 0 Å². The molecule has 17 heteroatoms. The molecule has 23 heavy (non-hydrogen) atoms. The first-order chi connectivity index (χ1) is 9.50. The predicted molar refractivity (Wildman–Crippen MR) is 42.8 cm³/mol. The van der Waals surface area contributed by atoms with Crippen LogP contribution < -0.4 is 0 Å². The summed E-state index contributed by atoms with van der Waals surface area (Å²) in [6.07, 6.45) is -15.6. The molecule has 0 atom stereocenters. The van der Waals surface area contributed by atoms with Crippen molar-refractivity contribution in [3.8, 4) is 0 Å². The first-order valence-corrected chi connectivity index (χ1v) is 6.13. The third-order valence-corrected chi connectivity index (χ3v) is 3.40. The average Bonchev–Trinajstić information content (AvgIpc) is 2.22. The Bertz CT molecular complexity index is 473. The van der Waals surface area contributed by atoms with Gasteiger partial charge in [-0.2, -0.15) is 52.7 Å². The van der Waals surface area contributed by atoms with Gasteiger partial charge in [-0.15, -0.1) is 0 Å². The third-order valence-electron chi connectivity index (χ3n) is 2.36. The number of halogens is 13. The Kier molecular flexibility index (Phi) is 4.95. The van der Waals surface area contributed by atoms with Gasteiger partial charge < -0.3 is 9.79 Å². The summed E-state index contributed by atoms with van der Waals surface area (Å²) < 4.78 is 172. The fraction of sp³-hybridized carbons (Fsp3) is 1.00. The number of hydrogen-bond donors (Lipinski definition) is 2. The molecule has 0 fully saturated rings. The van der Waals surface area contributed by atoms with E-state index in [0.717, 1.165) is 0 Å². The lowest BCUT2D eigenvalue weighted by atomic mass is 9.89. The molecule has 0 aromatic heterocycles. The predicted octanol–water partition coefficient (Wildman–Crippen LogP) is 3.86. The highest BCUT2D eigenvalue weighted by molar-refractivity contribution is 7.53. The molecule has 140 valence electrons. The molecule has 0 aliphatic rings. The van der Waals surface area contributed by atoms with E-state index >= 15 is 0 Å². The quantitative estimate of drug-likeness (QED) is 0.557. The van der Waals surface area contributed by atoms with Crippen LogP contribution in [0.3, 0.4) is 0 Å². The molecule has 0 aromatic rings. The Morgan fingerprint density at radius 3 is 0.913 bits per heavy atom. The maximum absolute atomic E-state index is 13.4. The van der Waals surface area contributed by atoms with Crippen LogP contribution in [-0.2, 0) is 4.57 Å². The van der Waals surface area contributed by atoms with E-state index in [1.807, 2.05) is 0 Å². The van der Waals surface area contributed by atoms with E-state index in [2.05, 4.69) is 0 Å². The first kappa shape index (κ1) is 22.2. The van der Waals surface area contributed by atoms with Crippen molar-refractivity contribution in [2.45, 2.75) is 35.5 Å². The van der Waals surface area contributed by atoms with Gasteiger partial charge in [-0.05, 0) is 0 Å².